The van der Waals surface area contributed by atoms with E-state index < -0.39 is 23.8 Å². The Kier molecular flexibility index (Phi) is 11.4. The number of hydrogen-bond donors (Lipinski definition) is 3. The summed E-state index contributed by atoms with van der Waals surface area (Å²) in [6, 6.07) is 14.2. The van der Waals surface area contributed by atoms with Crippen molar-refractivity contribution < 1.29 is 18.7 Å². The smallest absolute Gasteiger partial charge is 0.361 e. The lowest BCUT2D eigenvalue weighted by atomic mass is 10.0. The maximum absolute atomic E-state index is 13.4. The molecule has 5 heterocycles. The van der Waals surface area contributed by atoms with Gasteiger partial charge in [0.2, 0.25) is 6.10 Å². The number of nitrogens with zero attached hydrogens (tertiary/aromatic N) is 6. The zero-order valence-electron chi connectivity index (χ0n) is 27.8. The van der Waals surface area contributed by atoms with Crippen molar-refractivity contribution in [1.29, 1.82) is 0 Å². The summed E-state index contributed by atoms with van der Waals surface area (Å²) < 4.78 is 21.1. The van der Waals surface area contributed by atoms with Crippen LogP contribution in [0.25, 0.3) is 11.3 Å². The minimum Gasteiger partial charge on any atom is -0.442 e. The Balaban J connectivity index is 0.00000432. The predicted molar refractivity (Wildman–Crippen MR) is 190 cm³/mol. The predicted octanol–water partition coefficient (Wildman–Crippen LogP) is 4.20. The van der Waals surface area contributed by atoms with Gasteiger partial charge in [-0.25, -0.2) is 19.2 Å². The summed E-state index contributed by atoms with van der Waals surface area (Å²) in [6.07, 6.45) is 7.03. The van der Waals surface area contributed by atoms with Gasteiger partial charge < -0.3 is 30.9 Å². The van der Waals surface area contributed by atoms with Crippen LogP contribution in [0, 0.1) is 17.7 Å². The highest BCUT2D eigenvalue weighted by atomic mass is 35.5. The van der Waals surface area contributed by atoms with Gasteiger partial charge in [0.05, 0.1) is 24.1 Å². The molecule has 12 nitrogen and oxygen atoms in total. The number of benzene rings is 2. The third-order valence-electron chi connectivity index (χ3n) is 9.91. The molecule has 4 N–H and O–H groups in total. The number of esters is 1. The quantitative estimate of drug-likeness (QED) is 0.195. The Morgan fingerprint density at radius 3 is 2.40 bits per heavy atom. The summed E-state index contributed by atoms with van der Waals surface area (Å²) in [5.41, 5.74) is 7.78. The number of halogens is 2. The molecule has 4 aromatic rings. The minimum absolute atomic E-state index is 0. The Morgan fingerprint density at radius 2 is 1.68 bits per heavy atom. The van der Waals surface area contributed by atoms with E-state index in [0.29, 0.717) is 22.5 Å². The van der Waals surface area contributed by atoms with E-state index in [1.807, 2.05) is 10.9 Å². The van der Waals surface area contributed by atoms with Crippen LogP contribution in [0.4, 0.5) is 15.9 Å². The number of fused-ring (bicyclic) bond motifs is 1. The molecule has 0 radical (unpaired) electrons. The summed E-state index contributed by atoms with van der Waals surface area (Å²) in [6.45, 7) is 9.22. The second-order valence-electron chi connectivity index (χ2n) is 13.3. The second kappa shape index (κ2) is 16.1. The number of aromatic nitrogens is 4. The Morgan fingerprint density at radius 1 is 0.980 bits per heavy atom. The molecule has 0 spiro atoms. The Hall–Kier alpha value is -4.43. The van der Waals surface area contributed by atoms with E-state index in [4.69, 9.17) is 10.5 Å². The van der Waals surface area contributed by atoms with E-state index in [1.54, 1.807) is 36.5 Å². The van der Waals surface area contributed by atoms with E-state index in [-0.39, 0.29) is 30.0 Å². The number of rotatable bonds is 11. The summed E-state index contributed by atoms with van der Waals surface area (Å²) in [5.74, 6) is -0.396. The van der Waals surface area contributed by atoms with Crippen LogP contribution in [0.15, 0.2) is 73.2 Å². The molecule has 3 aliphatic heterocycles. The van der Waals surface area contributed by atoms with Crippen LogP contribution < -0.4 is 16.4 Å². The normalized spacial score (nSPS) is 20.2. The van der Waals surface area contributed by atoms with Gasteiger partial charge in [0.1, 0.15) is 5.82 Å². The second-order valence-corrected chi connectivity index (χ2v) is 13.3. The third kappa shape index (κ3) is 8.29. The monoisotopic (exact) mass is 703 g/mol. The fraction of sp³-hybridized carbons (Fsp3) is 0.417. The molecule has 14 heteroatoms. The van der Waals surface area contributed by atoms with Gasteiger partial charge >= 0.3 is 5.97 Å². The van der Waals surface area contributed by atoms with E-state index >= 15 is 0 Å². The van der Waals surface area contributed by atoms with E-state index in [0.717, 1.165) is 44.3 Å². The lowest BCUT2D eigenvalue weighted by Gasteiger charge is -2.32. The number of nitrogens with one attached hydrogen (secondary N) is 2. The highest BCUT2D eigenvalue weighted by Crippen LogP contribution is 2.28. The molecular formula is C36H43ClFN9O3. The van der Waals surface area contributed by atoms with Crippen LogP contribution >= 0.6 is 12.4 Å². The highest BCUT2D eigenvalue weighted by Gasteiger charge is 2.35. The zero-order chi connectivity index (χ0) is 33.7. The maximum atomic E-state index is 13.4. The number of hydrogen-bond acceptors (Lipinski definition) is 10. The first-order chi connectivity index (χ1) is 23.9. The number of carbonyl (C=O) groups excluding carboxylic acids is 2. The number of likely N-dealkylation sites (tertiary alicyclic amines) is 2. The molecule has 3 saturated heterocycles. The first kappa shape index (κ1) is 35.4. The standard InChI is InChI=1S/C36H42FN9O3.ClH/c37-28-7-9-29(10-8-28)42-35(47)33(24-5-2-1-3-6-24)49-36(48)32-34(38)40-20-31(43-32)27-19-41-46(23-27)30-11-15-44(16-12-30)13-4-14-45-21-25-17-39-18-26(25)22-45;/h1-3,5-10,19-20,23,25-26,30,33,39H,4,11-18,21-22H2,(H2,38,40)(H,42,47);1H/t25?,26?,33-;/m1./s1. The van der Waals surface area contributed by atoms with Crippen molar-refractivity contribution in [2.75, 3.05) is 63.4 Å². The molecule has 264 valence electrons. The SMILES string of the molecule is Cl.Nc1ncc(-c2cnn(C3CCN(CCCN4CC5CNCC5C4)CC3)c2)nc1C(=O)O[C@@H](C(=O)Nc1ccc(F)cc1)c1ccccc1. The van der Waals surface area contributed by atoms with Crippen LogP contribution in [0.3, 0.4) is 0 Å². The molecule has 7 rings (SSSR count). The summed E-state index contributed by atoms with van der Waals surface area (Å²) in [5, 5.41) is 10.8. The van der Waals surface area contributed by atoms with Crippen molar-refractivity contribution in [1.82, 2.24) is 34.9 Å². The number of anilines is 2. The van der Waals surface area contributed by atoms with Crippen LogP contribution in [0.1, 0.15) is 47.5 Å². The van der Waals surface area contributed by atoms with Crippen molar-refractivity contribution in [3.05, 3.63) is 90.3 Å². The largest absolute Gasteiger partial charge is 0.442 e. The van der Waals surface area contributed by atoms with Gasteiger partial charge in [-0.15, -0.1) is 12.4 Å². The number of ether oxygens (including phenoxy) is 1. The average Bonchev–Trinajstić information content (AvgIpc) is 3.87. The van der Waals surface area contributed by atoms with Crippen molar-refractivity contribution in [2.24, 2.45) is 11.8 Å². The number of piperidine rings is 1. The molecule has 2 aromatic heterocycles. The average molecular weight is 704 g/mol. The lowest BCUT2D eigenvalue weighted by molar-refractivity contribution is -0.125. The number of amides is 1. The van der Waals surface area contributed by atoms with Crippen molar-refractivity contribution in [3.63, 3.8) is 0 Å². The first-order valence-corrected chi connectivity index (χ1v) is 17.0. The maximum Gasteiger partial charge on any atom is 0.361 e. The Labute approximate surface area is 297 Å². The van der Waals surface area contributed by atoms with Gasteiger partial charge in [-0.2, -0.15) is 5.10 Å². The molecule has 0 aliphatic carbocycles. The highest BCUT2D eigenvalue weighted by molar-refractivity contribution is 5.99. The van der Waals surface area contributed by atoms with Gasteiger partial charge in [-0.3, -0.25) is 9.48 Å². The van der Waals surface area contributed by atoms with Crippen molar-refractivity contribution in [3.8, 4) is 11.3 Å². The number of nitrogen functional groups attached to an aromatic ring is 1. The first-order valence-electron chi connectivity index (χ1n) is 17.0. The van der Waals surface area contributed by atoms with Crippen LogP contribution in [-0.4, -0.2) is 93.8 Å². The summed E-state index contributed by atoms with van der Waals surface area (Å²) in [7, 11) is 0. The van der Waals surface area contributed by atoms with E-state index in [1.165, 1.54) is 69.6 Å². The third-order valence-corrected chi connectivity index (χ3v) is 9.91. The zero-order valence-corrected chi connectivity index (χ0v) is 28.6. The molecular weight excluding hydrogens is 661 g/mol. The lowest BCUT2D eigenvalue weighted by Crippen LogP contribution is -2.37. The summed E-state index contributed by atoms with van der Waals surface area (Å²) in [4.78, 5) is 40.6. The van der Waals surface area contributed by atoms with Crippen LogP contribution in [0.5, 0.6) is 0 Å². The molecule has 0 saturated carbocycles. The van der Waals surface area contributed by atoms with Crippen molar-refractivity contribution in [2.45, 2.75) is 31.4 Å². The van der Waals surface area contributed by atoms with Gasteiger partial charge in [0.25, 0.3) is 5.91 Å². The van der Waals surface area contributed by atoms with Gasteiger partial charge in [0.15, 0.2) is 11.5 Å². The molecule has 2 unspecified atom stereocenters. The fourth-order valence-electron chi connectivity index (χ4n) is 7.22. The van der Waals surface area contributed by atoms with Crippen molar-refractivity contribution >= 4 is 35.8 Å². The van der Waals surface area contributed by atoms with Gasteiger partial charge in [-0.1, -0.05) is 30.3 Å². The van der Waals surface area contributed by atoms with Crippen LogP contribution in [0.2, 0.25) is 0 Å². The van der Waals surface area contributed by atoms with Gasteiger partial charge in [0, 0.05) is 49.2 Å². The minimum atomic E-state index is -1.32. The van der Waals surface area contributed by atoms with Gasteiger partial charge in [-0.05, 0) is 81.5 Å². The summed E-state index contributed by atoms with van der Waals surface area (Å²) >= 11 is 0. The van der Waals surface area contributed by atoms with Crippen LogP contribution in [-0.2, 0) is 9.53 Å². The topological polar surface area (TPSA) is 144 Å². The molecule has 0 bridgehead atoms. The molecule has 1 amide bonds. The van der Waals surface area contributed by atoms with E-state index in [9.17, 15) is 14.0 Å². The number of nitrogens with two attached hydrogens (primary N) is 1. The van der Waals surface area contributed by atoms with E-state index in [2.05, 4.69) is 35.5 Å². The molecule has 2 aromatic carbocycles. The Bertz CT molecular complexity index is 1740. The molecule has 3 atom stereocenters. The molecule has 3 aliphatic rings. The fourth-order valence-corrected chi connectivity index (χ4v) is 7.22. The number of carbonyl (C=O) groups is 2. The molecule has 3 fully saturated rings. The molecule has 50 heavy (non-hydrogen) atoms.